The summed E-state index contributed by atoms with van der Waals surface area (Å²) in [4.78, 5) is 16.7. The van der Waals surface area contributed by atoms with Gasteiger partial charge in [0.2, 0.25) is 0 Å². The van der Waals surface area contributed by atoms with Crippen molar-refractivity contribution in [3.63, 3.8) is 0 Å². The zero-order valence-electron chi connectivity index (χ0n) is 10.8. The standard InChI is InChI=1S/C15H12N2O2S/c1-9(18)11-8-10(6-7-12(11)16)20-15-17-13-4-2-3-5-14(13)19-15/h2-8H,16H2,1H3. The number of hydrogen-bond acceptors (Lipinski definition) is 5. The van der Waals surface area contributed by atoms with Crippen molar-refractivity contribution < 1.29 is 9.21 Å². The number of fused-ring (bicyclic) bond motifs is 1. The predicted molar refractivity (Wildman–Crippen MR) is 79.0 cm³/mol. The van der Waals surface area contributed by atoms with Gasteiger partial charge in [0.1, 0.15) is 5.52 Å². The number of hydrogen-bond donors (Lipinski definition) is 1. The Bertz CT molecular complexity index is 762. The molecule has 1 heterocycles. The highest BCUT2D eigenvalue weighted by Gasteiger charge is 2.10. The first-order chi connectivity index (χ1) is 9.63. The Balaban J connectivity index is 1.94. The monoisotopic (exact) mass is 284 g/mol. The first-order valence-corrected chi connectivity index (χ1v) is 6.89. The van der Waals surface area contributed by atoms with Gasteiger partial charge in [-0.3, -0.25) is 4.79 Å². The average Bonchev–Trinajstić information content (AvgIpc) is 2.82. The molecule has 0 bridgehead atoms. The van der Waals surface area contributed by atoms with Gasteiger partial charge in [-0.1, -0.05) is 12.1 Å². The largest absolute Gasteiger partial charge is 0.431 e. The van der Waals surface area contributed by atoms with Gasteiger partial charge < -0.3 is 10.2 Å². The Morgan fingerprint density at radius 3 is 2.80 bits per heavy atom. The molecule has 4 nitrogen and oxygen atoms in total. The van der Waals surface area contributed by atoms with E-state index in [4.69, 9.17) is 10.2 Å². The average molecular weight is 284 g/mol. The number of carbonyl (C=O) groups is 1. The molecule has 0 radical (unpaired) electrons. The molecule has 5 heteroatoms. The summed E-state index contributed by atoms with van der Waals surface area (Å²) in [6, 6.07) is 12.9. The topological polar surface area (TPSA) is 69.1 Å². The minimum atomic E-state index is -0.0532. The van der Waals surface area contributed by atoms with Crippen LogP contribution in [0.4, 0.5) is 5.69 Å². The third kappa shape index (κ3) is 2.40. The number of carbonyl (C=O) groups excluding carboxylic acids is 1. The Labute approximate surface area is 120 Å². The molecule has 100 valence electrons. The minimum absolute atomic E-state index is 0.0532. The van der Waals surface area contributed by atoms with Crippen molar-refractivity contribution in [2.75, 3.05) is 5.73 Å². The summed E-state index contributed by atoms with van der Waals surface area (Å²) in [5, 5.41) is 0.547. The molecule has 1 aromatic heterocycles. The van der Waals surface area contributed by atoms with Crippen LogP contribution in [0.25, 0.3) is 11.1 Å². The van der Waals surface area contributed by atoms with Crippen LogP contribution in [0.3, 0.4) is 0 Å². The zero-order valence-corrected chi connectivity index (χ0v) is 11.6. The van der Waals surface area contributed by atoms with Crippen LogP contribution in [0.5, 0.6) is 0 Å². The quantitative estimate of drug-likeness (QED) is 0.585. The number of rotatable bonds is 3. The minimum Gasteiger partial charge on any atom is -0.431 e. The molecule has 20 heavy (non-hydrogen) atoms. The highest BCUT2D eigenvalue weighted by molar-refractivity contribution is 7.99. The second kappa shape index (κ2) is 5.02. The maximum Gasteiger partial charge on any atom is 0.261 e. The third-order valence-electron chi connectivity index (χ3n) is 2.88. The summed E-state index contributed by atoms with van der Waals surface area (Å²) in [5.74, 6) is -0.0532. The molecule has 2 N–H and O–H groups in total. The smallest absolute Gasteiger partial charge is 0.261 e. The van der Waals surface area contributed by atoms with Crippen LogP contribution in [0, 0.1) is 0 Å². The summed E-state index contributed by atoms with van der Waals surface area (Å²) >= 11 is 1.37. The Morgan fingerprint density at radius 1 is 1.25 bits per heavy atom. The molecule has 3 rings (SSSR count). The predicted octanol–water partition coefficient (Wildman–Crippen LogP) is 3.76. The van der Waals surface area contributed by atoms with E-state index in [1.165, 1.54) is 18.7 Å². The maximum absolute atomic E-state index is 11.5. The van der Waals surface area contributed by atoms with Gasteiger partial charge in [-0.25, -0.2) is 4.98 Å². The number of benzene rings is 2. The molecule has 0 saturated carbocycles. The molecule has 0 aliphatic rings. The van der Waals surface area contributed by atoms with Gasteiger partial charge in [0.05, 0.1) is 0 Å². The van der Waals surface area contributed by atoms with Crippen molar-refractivity contribution >= 4 is 34.3 Å². The maximum atomic E-state index is 11.5. The summed E-state index contributed by atoms with van der Waals surface area (Å²) in [7, 11) is 0. The van der Waals surface area contributed by atoms with Crippen LogP contribution in [0.1, 0.15) is 17.3 Å². The van der Waals surface area contributed by atoms with E-state index < -0.39 is 0 Å². The van der Waals surface area contributed by atoms with Gasteiger partial charge in [0.15, 0.2) is 11.4 Å². The molecular formula is C15H12N2O2S. The molecule has 0 atom stereocenters. The highest BCUT2D eigenvalue weighted by Crippen LogP contribution is 2.31. The summed E-state index contributed by atoms with van der Waals surface area (Å²) < 4.78 is 5.64. The van der Waals surface area contributed by atoms with Gasteiger partial charge in [-0.05, 0) is 49.0 Å². The van der Waals surface area contributed by atoms with Crippen LogP contribution in [0.15, 0.2) is 57.0 Å². The van der Waals surface area contributed by atoms with E-state index in [1.807, 2.05) is 30.3 Å². The fraction of sp³-hybridized carbons (Fsp3) is 0.0667. The molecule has 2 aromatic carbocycles. The zero-order chi connectivity index (χ0) is 14.1. The lowest BCUT2D eigenvalue weighted by Crippen LogP contribution is -1.99. The first kappa shape index (κ1) is 12.7. The first-order valence-electron chi connectivity index (χ1n) is 6.07. The van der Waals surface area contributed by atoms with E-state index in [2.05, 4.69) is 4.98 Å². The van der Waals surface area contributed by atoms with Crippen molar-refractivity contribution in [3.8, 4) is 0 Å². The molecule has 0 fully saturated rings. The van der Waals surface area contributed by atoms with Gasteiger partial charge in [0, 0.05) is 16.1 Å². The van der Waals surface area contributed by atoms with Gasteiger partial charge in [0.25, 0.3) is 5.22 Å². The number of nitrogens with two attached hydrogens (primary N) is 1. The number of Topliss-reactive ketones (excluding diaryl/α,β-unsaturated/α-hetero) is 1. The number of nitrogens with zero attached hydrogens (tertiary/aromatic N) is 1. The summed E-state index contributed by atoms with van der Waals surface area (Å²) in [6.07, 6.45) is 0. The lowest BCUT2D eigenvalue weighted by molar-refractivity contribution is 0.101. The Hall–Kier alpha value is -2.27. The van der Waals surface area contributed by atoms with Crippen molar-refractivity contribution in [2.45, 2.75) is 17.0 Å². The van der Waals surface area contributed by atoms with E-state index in [-0.39, 0.29) is 5.78 Å². The highest BCUT2D eigenvalue weighted by atomic mass is 32.2. The van der Waals surface area contributed by atoms with Crippen LogP contribution in [-0.2, 0) is 0 Å². The Morgan fingerprint density at radius 2 is 2.05 bits per heavy atom. The number of aromatic nitrogens is 1. The number of nitrogen functional groups attached to an aromatic ring is 1. The van der Waals surface area contributed by atoms with Crippen molar-refractivity contribution in [2.24, 2.45) is 0 Å². The lowest BCUT2D eigenvalue weighted by atomic mass is 10.1. The normalized spacial score (nSPS) is 10.8. The summed E-state index contributed by atoms with van der Waals surface area (Å²) in [6.45, 7) is 1.50. The SMILES string of the molecule is CC(=O)c1cc(Sc2nc3ccccc3o2)ccc1N. The van der Waals surface area contributed by atoms with Crippen molar-refractivity contribution in [3.05, 3.63) is 48.0 Å². The Kier molecular flexibility index (Phi) is 3.20. The molecule has 3 aromatic rings. The van der Waals surface area contributed by atoms with E-state index in [1.54, 1.807) is 12.1 Å². The molecule has 0 spiro atoms. The van der Waals surface area contributed by atoms with Crippen molar-refractivity contribution in [1.82, 2.24) is 4.98 Å². The van der Waals surface area contributed by atoms with Crippen LogP contribution in [0.2, 0.25) is 0 Å². The second-order valence-electron chi connectivity index (χ2n) is 4.35. The van der Waals surface area contributed by atoms with E-state index in [0.29, 0.717) is 16.5 Å². The number of ketones is 1. The molecule has 0 aliphatic carbocycles. The van der Waals surface area contributed by atoms with Crippen LogP contribution >= 0.6 is 11.8 Å². The van der Waals surface area contributed by atoms with E-state index in [9.17, 15) is 4.79 Å². The van der Waals surface area contributed by atoms with E-state index in [0.717, 1.165) is 16.0 Å². The van der Waals surface area contributed by atoms with Gasteiger partial charge in [-0.15, -0.1) is 0 Å². The molecule has 0 aliphatic heterocycles. The number of para-hydroxylation sites is 2. The third-order valence-corrected chi connectivity index (χ3v) is 3.72. The lowest BCUT2D eigenvalue weighted by Gasteiger charge is -2.03. The van der Waals surface area contributed by atoms with Crippen molar-refractivity contribution in [1.29, 1.82) is 0 Å². The molecule has 0 unspecified atom stereocenters. The fourth-order valence-corrected chi connectivity index (χ4v) is 2.69. The van der Waals surface area contributed by atoms with Gasteiger partial charge in [-0.2, -0.15) is 0 Å². The molecule has 0 amide bonds. The second-order valence-corrected chi connectivity index (χ2v) is 5.38. The fourth-order valence-electron chi connectivity index (χ4n) is 1.90. The van der Waals surface area contributed by atoms with Crippen LogP contribution < -0.4 is 5.73 Å². The number of oxazole rings is 1. The molecular weight excluding hydrogens is 272 g/mol. The van der Waals surface area contributed by atoms with Crippen LogP contribution in [-0.4, -0.2) is 10.8 Å². The molecule has 0 saturated heterocycles. The van der Waals surface area contributed by atoms with E-state index >= 15 is 0 Å². The summed E-state index contributed by atoms with van der Waals surface area (Å²) in [5.41, 5.74) is 8.35. The number of anilines is 1. The van der Waals surface area contributed by atoms with Gasteiger partial charge >= 0.3 is 0 Å².